The van der Waals surface area contributed by atoms with E-state index in [-0.39, 0.29) is 0 Å². The van der Waals surface area contributed by atoms with Crippen LogP contribution in [0.3, 0.4) is 0 Å². The summed E-state index contributed by atoms with van der Waals surface area (Å²) in [5.74, 6) is 0. The Hall–Kier alpha value is -4.37. The highest BCUT2D eigenvalue weighted by Gasteiger charge is 2.29. The molecule has 4 aromatic carbocycles. The smallest absolute Gasteiger partial charge is 0.171 e. The number of aromatic nitrogens is 2. The van der Waals surface area contributed by atoms with Crippen molar-refractivity contribution in [3.8, 4) is 21.0 Å². The molecule has 3 aromatic heterocycles. The van der Waals surface area contributed by atoms with Crippen LogP contribution in [-0.4, -0.2) is 9.97 Å². The summed E-state index contributed by atoms with van der Waals surface area (Å²) in [6.45, 7) is 0. The standard InChI is InChI=1S/C34H23N2OPS/c37-38(27-9-3-1-4-10-27,28-11-5-2-6-12-28)29-18-15-24(16-19-29)31-21-22-32(39-31)30-20-17-26-14-13-25-8-7-23-35-33(25)34(26)36-30/h1-23H. The zero-order valence-corrected chi connectivity index (χ0v) is 22.6. The maximum absolute atomic E-state index is 14.6. The molecule has 3 nitrogen and oxygen atoms in total. The van der Waals surface area contributed by atoms with Crippen molar-refractivity contribution >= 4 is 56.2 Å². The maximum Gasteiger partial charge on any atom is 0.171 e. The van der Waals surface area contributed by atoms with Crippen LogP contribution >= 0.6 is 18.5 Å². The van der Waals surface area contributed by atoms with Gasteiger partial charge in [0, 0.05) is 37.8 Å². The van der Waals surface area contributed by atoms with Gasteiger partial charge in [-0.2, -0.15) is 0 Å². The lowest BCUT2D eigenvalue weighted by atomic mass is 10.1. The first-order chi connectivity index (χ1) is 19.2. The van der Waals surface area contributed by atoms with Gasteiger partial charge in [0.05, 0.1) is 21.6 Å². The van der Waals surface area contributed by atoms with E-state index >= 15 is 0 Å². The van der Waals surface area contributed by atoms with E-state index in [4.69, 9.17) is 4.98 Å². The first-order valence-corrected chi connectivity index (χ1v) is 15.3. The van der Waals surface area contributed by atoms with Gasteiger partial charge in [-0.25, -0.2) is 4.98 Å². The van der Waals surface area contributed by atoms with Crippen LogP contribution in [0.2, 0.25) is 0 Å². The second-order valence-corrected chi connectivity index (χ2v) is 13.3. The normalized spacial score (nSPS) is 11.7. The van der Waals surface area contributed by atoms with Crippen LogP contribution in [0.25, 0.3) is 42.8 Å². The summed E-state index contributed by atoms with van der Waals surface area (Å²) in [6.07, 6.45) is 1.82. The molecule has 0 amide bonds. The Bertz CT molecular complexity index is 1940. The highest BCUT2D eigenvalue weighted by Crippen LogP contribution is 2.43. The molecule has 0 aliphatic rings. The first kappa shape index (κ1) is 23.7. The van der Waals surface area contributed by atoms with Crippen molar-refractivity contribution in [2.24, 2.45) is 0 Å². The SMILES string of the molecule is O=P(c1ccccc1)(c1ccccc1)c1ccc(-c2ccc(-c3ccc4ccc5cccnc5c4n3)s2)cc1. The Kier molecular flexibility index (Phi) is 5.93. The summed E-state index contributed by atoms with van der Waals surface area (Å²) < 4.78 is 14.6. The Labute approximate surface area is 230 Å². The number of hydrogen-bond acceptors (Lipinski definition) is 4. The molecule has 0 N–H and O–H groups in total. The zero-order valence-electron chi connectivity index (χ0n) is 20.9. The molecule has 0 spiro atoms. The van der Waals surface area contributed by atoms with Crippen LogP contribution in [0.1, 0.15) is 0 Å². The third-order valence-corrected chi connectivity index (χ3v) is 11.3. The summed E-state index contributed by atoms with van der Waals surface area (Å²) in [5.41, 5.74) is 3.87. The van der Waals surface area contributed by atoms with Gasteiger partial charge in [0.1, 0.15) is 0 Å². The Morgan fingerprint density at radius 3 is 1.79 bits per heavy atom. The summed E-state index contributed by atoms with van der Waals surface area (Å²) in [4.78, 5) is 11.8. The van der Waals surface area contributed by atoms with Crippen molar-refractivity contribution in [3.05, 3.63) is 140 Å². The lowest BCUT2D eigenvalue weighted by Gasteiger charge is -2.20. The molecular formula is C34H23N2OPS. The molecule has 7 rings (SSSR count). The molecule has 0 aliphatic heterocycles. The molecule has 7 aromatic rings. The number of rotatable bonds is 5. The Balaban J connectivity index is 1.25. The van der Waals surface area contributed by atoms with E-state index in [9.17, 15) is 4.57 Å². The highest BCUT2D eigenvalue weighted by molar-refractivity contribution is 7.85. The topological polar surface area (TPSA) is 42.9 Å². The number of benzene rings is 4. The third kappa shape index (κ3) is 4.19. The van der Waals surface area contributed by atoms with Crippen molar-refractivity contribution in [3.63, 3.8) is 0 Å². The summed E-state index contributed by atoms with van der Waals surface area (Å²) >= 11 is 1.71. The monoisotopic (exact) mass is 538 g/mol. The average Bonchev–Trinajstić information content (AvgIpc) is 3.52. The van der Waals surface area contributed by atoms with Crippen LogP contribution in [-0.2, 0) is 4.57 Å². The van der Waals surface area contributed by atoms with Crippen LogP contribution in [0, 0.1) is 0 Å². The third-order valence-electron chi connectivity index (χ3n) is 7.05. The van der Waals surface area contributed by atoms with Gasteiger partial charge >= 0.3 is 0 Å². The molecule has 39 heavy (non-hydrogen) atoms. The van der Waals surface area contributed by atoms with Gasteiger partial charge in [0.2, 0.25) is 0 Å². The molecule has 0 unspecified atom stereocenters. The molecule has 0 fully saturated rings. The molecule has 0 aliphatic carbocycles. The van der Waals surface area contributed by atoms with Crippen molar-refractivity contribution in [2.75, 3.05) is 0 Å². The second kappa shape index (κ2) is 9.74. The lowest BCUT2D eigenvalue weighted by molar-refractivity contribution is 0.592. The van der Waals surface area contributed by atoms with E-state index in [0.29, 0.717) is 0 Å². The summed E-state index contributed by atoms with van der Waals surface area (Å²) in [6, 6.07) is 44.4. The maximum atomic E-state index is 14.6. The predicted molar refractivity (Wildman–Crippen MR) is 165 cm³/mol. The molecule has 3 heterocycles. The van der Waals surface area contributed by atoms with Crippen molar-refractivity contribution < 1.29 is 4.57 Å². The highest BCUT2D eigenvalue weighted by atomic mass is 32.1. The van der Waals surface area contributed by atoms with Crippen LogP contribution in [0.5, 0.6) is 0 Å². The van der Waals surface area contributed by atoms with Crippen molar-refractivity contribution in [2.45, 2.75) is 0 Å². The number of fused-ring (bicyclic) bond motifs is 3. The van der Waals surface area contributed by atoms with E-state index in [0.717, 1.165) is 58.7 Å². The minimum Gasteiger partial charge on any atom is -0.309 e. The fraction of sp³-hybridized carbons (Fsp3) is 0. The van der Waals surface area contributed by atoms with E-state index in [1.807, 2.05) is 85.1 Å². The summed E-state index contributed by atoms with van der Waals surface area (Å²) in [5, 5.41) is 4.68. The molecule has 0 saturated heterocycles. The number of pyridine rings is 2. The van der Waals surface area contributed by atoms with Gasteiger partial charge < -0.3 is 4.57 Å². The van der Waals surface area contributed by atoms with Crippen LogP contribution in [0.4, 0.5) is 0 Å². The van der Waals surface area contributed by atoms with Crippen molar-refractivity contribution in [1.82, 2.24) is 9.97 Å². The van der Waals surface area contributed by atoms with Gasteiger partial charge in [-0.1, -0.05) is 109 Å². The quantitative estimate of drug-likeness (QED) is 0.166. The fourth-order valence-corrected chi connectivity index (χ4v) is 8.68. The van der Waals surface area contributed by atoms with Gasteiger partial charge in [-0.15, -0.1) is 11.3 Å². The van der Waals surface area contributed by atoms with E-state index in [1.54, 1.807) is 11.3 Å². The van der Waals surface area contributed by atoms with E-state index in [1.165, 1.54) is 0 Å². The average molecular weight is 539 g/mol. The first-order valence-electron chi connectivity index (χ1n) is 12.8. The largest absolute Gasteiger partial charge is 0.309 e. The minimum absolute atomic E-state index is 0.830. The zero-order chi connectivity index (χ0) is 26.2. The van der Waals surface area contributed by atoms with Crippen LogP contribution in [0.15, 0.2) is 140 Å². The Morgan fingerprint density at radius 2 is 1.10 bits per heavy atom. The minimum atomic E-state index is -2.99. The fourth-order valence-electron chi connectivity index (χ4n) is 5.05. The molecule has 0 atom stereocenters. The summed E-state index contributed by atoms with van der Waals surface area (Å²) in [7, 11) is -2.99. The number of thiophene rings is 1. The second-order valence-electron chi connectivity index (χ2n) is 9.40. The molecule has 0 radical (unpaired) electrons. The number of hydrogen-bond donors (Lipinski definition) is 0. The van der Waals surface area contributed by atoms with Crippen molar-refractivity contribution in [1.29, 1.82) is 0 Å². The Morgan fingerprint density at radius 1 is 0.513 bits per heavy atom. The van der Waals surface area contributed by atoms with E-state index in [2.05, 4.69) is 59.6 Å². The molecule has 0 saturated carbocycles. The lowest BCUT2D eigenvalue weighted by Crippen LogP contribution is -2.24. The van der Waals surface area contributed by atoms with Gasteiger partial charge in [0.15, 0.2) is 7.14 Å². The van der Waals surface area contributed by atoms with Gasteiger partial charge in [-0.3, -0.25) is 4.98 Å². The molecular weight excluding hydrogens is 515 g/mol. The molecule has 5 heteroatoms. The van der Waals surface area contributed by atoms with E-state index < -0.39 is 7.14 Å². The van der Waals surface area contributed by atoms with Gasteiger partial charge in [0.25, 0.3) is 0 Å². The predicted octanol–water partition coefficient (Wildman–Crippen LogP) is 7.82. The number of nitrogens with zero attached hydrogens (tertiary/aromatic N) is 2. The molecule has 0 bridgehead atoms. The van der Waals surface area contributed by atoms with Crippen LogP contribution < -0.4 is 15.9 Å². The molecule has 186 valence electrons. The van der Waals surface area contributed by atoms with Gasteiger partial charge in [-0.05, 0) is 29.8 Å².